The topological polar surface area (TPSA) is 32.3 Å². The minimum Gasteiger partial charge on any atom is -0.389 e. The Balaban J connectivity index is 2.12. The van der Waals surface area contributed by atoms with Gasteiger partial charge in [-0.2, -0.15) is 0 Å². The van der Waals surface area contributed by atoms with E-state index in [9.17, 15) is 5.11 Å². The molecular formula is C13H18ClNO. The van der Waals surface area contributed by atoms with Crippen LogP contribution in [0.2, 0.25) is 5.02 Å². The molecule has 2 atom stereocenters. The van der Waals surface area contributed by atoms with Gasteiger partial charge < -0.3 is 10.4 Å². The van der Waals surface area contributed by atoms with Crippen molar-refractivity contribution in [2.75, 3.05) is 13.1 Å². The lowest BCUT2D eigenvalue weighted by Gasteiger charge is -2.37. The monoisotopic (exact) mass is 239 g/mol. The lowest BCUT2D eigenvalue weighted by atomic mass is 9.79. The van der Waals surface area contributed by atoms with E-state index in [1.165, 1.54) is 0 Å². The van der Waals surface area contributed by atoms with Crippen molar-refractivity contribution in [3.05, 3.63) is 34.9 Å². The van der Waals surface area contributed by atoms with Gasteiger partial charge in [0.05, 0.1) is 5.60 Å². The predicted octanol–water partition coefficient (Wildman–Crippen LogP) is 2.24. The van der Waals surface area contributed by atoms with Gasteiger partial charge in [0.1, 0.15) is 0 Å². The molecule has 16 heavy (non-hydrogen) atoms. The molecule has 1 fully saturated rings. The largest absolute Gasteiger partial charge is 0.389 e. The van der Waals surface area contributed by atoms with Crippen LogP contribution in [0.25, 0.3) is 0 Å². The molecule has 1 aromatic rings. The molecule has 1 aromatic carbocycles. The smallest absolute Gasteiger partial charge is 0.0775 e. The molecule has 2 nitrogen and oxygen atoms in total. The number of benzene rings is 1. The molecule has 0 amide bonds. The van der Waals surface area contributed by atoms with Crippen molar-refractivity contribution in [2.24, 2.45) is 5.92 Å². The van der Waals surface area contributed by atoms with Crippen LogP contribution in [-0.2, 0) is 6.42 Å². The molecule has 1 saturated heterocycles. The van der Waals surface area contributed by atoms with Crippen LogP contribution in [0.5, 0.6) is 0 Å². The zero-order valence-electron chi connectivity index (χ0n) is 9.54. The summed E-state index contributed by atoms with van der Waals surface area (Å²) in [5.41, 5.74) is 0.508. The summed E-state index contributed by atoms with van der Waals surface area (Å²) in [5.74, 6) is 0.286. The number of piperidine rings is 1. The Hall–Kier alpha value is -0.570. The van der Waals surface area contributed by atoms with Gasteiger partial charge in [-0.1, -0.05) is 29.8 Å². The highest BCUT2D eigenvalue weighted by Gasteiger charge is 2.34. The minimum absolute atomic E-state index is 0.286. The molecule has 0 aromatic heterocycles. The Bertz CT molecular complexity index is 365. The van der Waals surface area contributed by atoms with Gasteiger partial charge in [0.25, 0.3) is 0 Å². The van der Waals surface area contributed by atoms with Crippen molar-refractivity contribution in [1.82, 2.24) is 5.32 Å². The molecule has 2 N–H and O–H groups in total. The van der Waals surface area contributed by atoms with E-state index in [1.54, 1.807) is 0 Å². The molecule has 2 rings (SSSR count). The lowest BCUT2D eigenvalue weighted by molar-refractivity contribution is -0.0191. The third-order valence-electron chi connectivity index (χ3n) is 3.46. The van der Waals surface area contributed by atoms with Gasteiger partial charge in [0.15, 0.2) is 0 Å². The van der Waals surface area contributed by atoms with E-state index in [4.69, 9.17) is 11.6 Å². The Labute approximate surface area is 102 Å². The van der Waals surface area contributed by atoms with Crippen LogP contribution in [0.1, 0.15) is 18.9 Å². The Morgan fingerprint density at radius 2 is 2.25 bits per heavy atom. The first-order valence-electron chi connectivity index (χ1n) is 5.76. The van der Waals surface area contributed by atoms with Crippen molar-refractivity contribution < 1.29 is 5.11 Å². The van der Waals surface area contributed by atoms with Crippen molar-refractivity contribution in [3.8, 4) is 0 Å². The van der Waals surface area contributed by atoms with E-state index in [2.05, 4.69) is 5.32 Å². The number of halogens is 1. The fourth-order valence-corrected chi connectivity index (χ4v) is 2.54. The molecule has 0 radical (unpaired) electrons. The second-order valence-corrected chi connectivity index (χ2v) is 5.22. The maximum atomic E-state index is 10.3. The van der Waals surface area contributed by atoms with Crippen molar-refractivity contribution in [1.29, 1.82) is 0 Å². The average molecular weight is 240 g/mol. The SMILES string of the molecule is CC1(O)CNCCC1Cc1ccccc1Cl. The molecule has 0 bridgehead atoms. The third kappa shape index (κ3) is 2.57. The normalized spacial score (nSPS) is 30.3. The van der Waals surface area contributed by atoms with Gasteiger partial charge in [0, 0.05) is 11.6 Å². The first-order chi connectivity index (χ1) is 7.59. The molecule has 88 valence electrons. The summed E-state index contributed by atoms with van der Waals surface area (Å²) in [7, 11) is 0. The number of aliphatic hydroxyl groups is 1. The highest BCUT2D eigenvalue weighted by atomic mass is 35.5. The zero-order valence-corrected chi connectivity index (χ0v) is 10.3. The average Bonchev–Trinajstić information content (AvgIpc) is 2.24. The van der Waals surface area contributed by atoms with E-state index < -0.39 is 5.60 Å². The van der Waals surface area contributed by atoms with Crippen LogP contribution in [0, 0.1) is 5.92 Å². The second kappa shape index (κ2) is 4.74. The van der Waals surface area contributed by atoms with Crippen molar-refractivity contribution in [3.63, 3.8) is 0 Å². The van der Waals surface area contributed by atoms with E-state index in [-0.39, 0.29) is 5.92 Å². The van der Waals surface area contributed by atoms with Crippen molar-refractivity contribution in [2.45, 2.75) is 25.4 Å². The summed E-state index contributed by atoms with van der Waals surface area (Å²) < 4.78 is 0. The fraction of sp³-hybridized carbons (Fsp3) is 0.538. The van der Waals surface area contributed by atoms with Crippen LogP contribution in [-0.4, -0.2) is 23.8 Å². The number of nitrogens with one attached hydrogen (secondary N) is 1. The van der Waals surface area contributed by atoms with Gasteiger partial charge in [-0.05, 0) is 43.9 Å². The van der Waals surface area contributed by atoms with Crippen LogP contribution in [0.4, 0.5) is 0 Å². The molecule has 0 aliphatic carbocycles. The first kappa shape index (κ1) is 11.9. The summed E-state index contributed by atoms with van der Waals surface area (Å²) in [5, 5.41) is 14.3. The number of hydrogen-bond acceptors (Lipinski definition) is 2. The van der Waals surface area contributed by atoms with Gasteiger partial charge in [-0.25, -0.2) is 0 Å². The maximum absolute atomic E-state index is 10.3. The minimum atomic E-state index is -0.628. The molecule has 2 unspecified atom stereocenters. The summed E-state index contributed by atoms with van der Waals surface area (Å²) in [6, 6.07) is 7.89. The quantitative estimate of drug-likeness (QED) is 0.830. The van der Waals surface area contributed by atoms with Gasteiger partial charge >= 0.3 is 0 Å². The Morgan fingerprint density at radius 3 is 2.94 bits per heavy atom. The predicted molar refractivity (Wildman–Crippen MR) is 66.8 cm³/mol. The maximum Gasteiger partial charge on any atom is 0.0775 e. The summed E-state index contributed by atoms with van der Waals surface area (Å²) in [6.07, 6.45) is 1.85. The zero-order chi connectivity index (χ0) is 11.6. The molecule has 1 aliphatic rings. The van der Waals surface area contributed by atoms with Gasteiger partial charge in [-0.15, -0.1) is 0 Å². The van der Waals surface area contributed by atoms with Gasteiger partial charge in [0.2, 0.25) is 0 Å². The first-order valence-corrected chi connectivity index (χ1v) is 6.14. The standard InChI is InChI=1S/C13H18ClNO/c1-13(16)9-15-7-6-11(13)8-10-4-2-3-5-12(10)14/h2-5,11,15-16H,6-9H2,1H3. The van der Waals surface area contributed by atoms with Crippen molar-refractivity contribution >= 4 is 11.6 Å². The lowest BCUT2D eigenvalue weighted by Crippen LogP contribution is -2.50. The Kier molecular flexibility index (Phi) is 3.53. The highest BCUT2D eigenvalue weighted by Crippen LogP contribution is 2.29. The molecule has 1 aliphatic heterocycles. The summed E-state index contributed by atoms with van der Waals surface area (Å²) >= 11 is 6.14. The summed E-state index contributed by atoms with van der Waals surface area (Å²) in [6.45, 7) is 3.55. The second-order valence-electron chi connectivity index (χ2n) is 4.82. The number of hydrogen-bond donors (Lipinski definition) is 2. The molecular weight excluding hydrogens is 222 g/mol. The fourth-order valence-electron chi connectivity index (χ4n) is 2.32. The Morgan fingerprint density at radius 1 is 1.50 bits per heavy atom. The molecule has 1 heterocycles. The highest BCUT2D eigenvalue weighted by molar-refractivity contribution is 6.31. The van der Waals surface area contributed by atoms with E-state index in [1.807, 2.05) is 31.2 Å². The van der Waals surface area contributed by atoms with Crippen LogP contribution >= 0.6 is 11.6 Å². The number of rotatable bonds is 2. The molecule has 0 saturated carbocycles. The van der Waals surface area contributed by atoms with Crippen LogP contribution in [0.15, 0.2) is 24.3 Å². The molecule has 3 heteroatoms. The van der Waals surface area contributed by atoms with Crippen LogP contribution < -0.4 is 5.32 Å². The molecule has 0 spiro atoms. The van der Waals surface area contributed by atoms with Crippen LogP contribution in [0.3, 0.4) is 0 Å². The summed E-state index contributed by atoms with van der Waals surface area (Å²) in [4.78, 5) is 0. The van der Waals surface area contributed by atoms with E-state index >= 15 is 0 Å². The number of β-amino-alcohol motifs (C(OH)–C–C–N with tert-alkyl or cyclic N) is 1. The van der Waals surface area contributed by atoms with E-state index in [0.717, 1.165) is 30.0 Å². The third-order valence-corrected chi connectivity index (χ3v) is 3.82. The van der Waals surface area contributed by atoms with E-state index in [0.29, 0.717) is 6.54 Å². The van der Waals surface area contributed by atoms with Gasteiger partial charge in [-0.3, -0.25) is 0 Å².